The summed E-state index contributed by atoms with van der Waals surface area (Å²) in [5.41, 5.74) is 19.0. The maximum atomic E-state index is 15.0. The highest BCUT2D eigenvalue weighted by atomic mass is 16.6. The van der Waals surface area contributed by atoms with E-state index >= 15 is 4.79 Å². The first-order valence-electron chi connectivity index (χ1n) is 38.7. The zero-order valence-corrected chi connectivity index (χ0v) is 63.3. The van der Waals surface area contributed by atoms with E-state index in [0.29, 0.717) is 30.4 Å². The number of aromatic amines is 1. The van der Waals surface area contributed by atoms with Crippen molar-refractivity contribution in [3.63, 3.8) is 0 Å². The van der Waals surface area contributed by atoms with E-state index < -0.39 is 151 Å². The smallest absolute Gasteiger partial charge is 0.320 e. The van der Waals surface area contributed by atoms with E-state index in [1.165, 1.54) is 51.4 Å². The second-order valence-corrected chi connectivity index (χ2v) is 27.8. The number of aliphatic hydroxyl groups is 1. The van der Waals surface area contributed by atoms with Crippen molar-refractivity contribution >= 4 is 93.8 Å². The number of nitrogens with zero attached hydrogens (tertiary/aromatic N) is 2. The lowest BCUT2D eigenvalue weighted by molar-refractivity contribution is -0.145. The number of carboxylic acids is 1. The first-order chi connectivity index (χ1) is 52.5. The van der Waals surface area contributed by atoms with Crippen molar-refractivity contribution in [3.8, 4) is 0 Å². The number of guanidine groups is 1. The quantitative estimate of drug-likeness (QED) is 0.0164. The van der Waals surface area contributed by atoms with Crippen molar-refractivity contribution in [2.45, 2.75) is 248 Å². The van der Waals surface area contributed by atoms with Crippen molar-refractivity contribution in [2.24, 2.45) is 22.2 Å². The summed E-state index contributed by atoms with van der Waals surface area (Å²) < 4.78 is 10.8. The maximum absolute atomic E-state index is 15.0. The van der Waals surface area contributed by atoms with Gasteiger partial charge < -0.3 is 84.0 Å². The number of H-pyrrole nitrogens is 1. The molecule has 2 aliphatic rings. The molecule has 33 nitrogen and oxygen atoms in total. The fraction of sp³-hybridized carbons (Fsp3) is 0.632. The Kier molecular flexibility index (Phi) is 42.1. The van der Waals surface area contributed by atoms with E-state index in [0.717, 1.165) is 41.5 Å². The van der Waals surface area contributed by atoms with E-state index in [2.05, 4.69) is 70.1 Å². The van der Waals surface area contributed by atoms with Gasteiger partial charge in [-0.3, -0.25) is 83.3 Å². The Morgan fingerprint density at radius 2 is 1.28 bits per heavy atom. The molecule has 1 unspecified atom stereocenters. The van der Waals surface area contributed by atoms with Gasteiger partial charge in [0.25, 0.3) is 0 Å². The van der Waals surface area contributed by atoms with E-state index in [1.807, 2.05) is 25.1 Å². The summed E-state index contributed by atoms with van der Waals surface area (Å²) in [5.74, 6) is -10.7. The third-order valence-corrected chi connectivity index (χ3v) is 19.0. The van der Waals surface area contributed by atoms with Gasteiger partial charge >= 0.3 is 11.9 Å². The van der Waals surface area contributed by atoms with Crippen LogP contribution in [0.4, 0.5) is 0 Å². The van der Waals surface area contributed by atoms with Crippen LogP contribution >= 0.6 is 0 Å². The summed E-state index contributed by atoms with van der Waals surface area (Å²) in [7, 11) is 0. The van der Waals surface area contributed by atoms with Crippen LogP contribution in [0.25, 0.3) is 10.9 Å². The first kappa shape index (κ1) is 90.0. The van der Waals surface area contributed by atoms with Crippen LogP contribution in [0.2, 0.25) is 0 Å². The van der Waals surface area contributed by atoms with Crippen LogP contribution in [0.3, 0.4) is 0 Å². The zero-order valence-electron chi connectivity index (χ0n) is 63.3. The highest BCUT2D eigenvalue weighted by molar-refractivity contribution is 5.99. The molecule has 2 fully saturated rings. The van der Waals surface area contributed by atoms with Crippen LogP contribution in [0.1, 0.15) is 192 Å². The van der Waals surface area contributed by atoms with Crippen LogP contribution < -0.4 is 70.4 Å². The van der Waals surface area contributed by atoms with Crippen molar-refractivity contribution < 1.29 is 82.0 Å². The number of aliphatic carboxylic acids is 1. The Labute approximate surface area is 637 Å². The Hall–Kier alpha value is -9.60. The van der Waals surface area contributed by atoms with Gasteiger partial charge in [-0.15, -0.1) is 0 Å². The zero-order chi connectivity index (χ0) is 79.3. The predicted molar refractivity (Wildman–Crippen MR) is 407 cm³/mol. The Morgan fingerprint density at radius 1 is 0.651 bits per heavy atom. The second-order valence-electron chi connectivity index (χ2n) is 27.8. The molecule has 3 aromatic rings. The second kappa shape index (κ2) is 50.9. The minimum absolute atomic E-state index is 0.0207. The minimum Gasteiger partial charge on any atom is -0.481 e. The molecule has 2 aliphatic heterocycles. The van der Waals surface area contributed by atoms with E-state index in [1.54, 1.807) is 42.6 Å². The number of carbonyl (C=O) groups is 13. The molecular formula is C76H118N16O17. The van der Waals surface area contributed by atoms with Gasteiger partial charge in [-0.1, -0.05) is 152 Å². The molecule has 9 atom stereocenters. The van der Waals surface area contributed by atoms with Gasteiger partial charge in [-0.2, -0.15) is 0 Å². The van der Waals surface area contributed by atoms with Gasteiger partial charge in [0.15, 0.2) is 5.96 Å². The number of benzene rings is 2. The number of amides is 11. The van der Waals surface area contributed by atoms with Gasteiger partial charge in [0.05, 0.1) is 50.9 Å². The van der Waals surface area contributed by atoms with Crippen molar-refractivity contribution in [1.29, 1.82) is 0 Å². The number of hydrogen-bond acceptors (Lipinski definition) is 19. The number of unbranched alkanes of at least 4 members (excludes halogenated alkanes) is 13. The lowest BCUT2D eigenvalue weighted by Gasteiger charge is -2.32. The summed E-state index contributed by atoms with van der Waals surface area (Å²) in [5, 5.41) is 48.5. The topological polar surface area (TPSA) is 511 Å². The highest BCUT2D eigenvalue weighted by Crippen LogP contribution is 2.24. The molecule has 5 rings (SSSR count). The fourth-order valence-corrected chi connectivity index (χ4v) is 12.9. The Balaban J connectivity index is 1.21. The summed E-state index contributed by atoms with van der Waals surface area (Å²) in [6, 6.07) is 4.71. The van der Waals surface area contributed by atoms with Crippen LogP contribution in [0, 0.1) is 0 Å². The monoisotopic (exact) mass is 1530 g/mol. The molecule has 0 aliphatic carbocycles. The minimum atomic E-state index is -1.65. The van der Waals surface area contributed by atoms with Crippen LogP contribution in [0.5, 0.6) is 0 Å². The van der Waals surface area contributed by atoms with Gasteiger partial charge in [-0.25, -0.2) is 0 Å². The molecule has 0 radical (unpaired) electrons. The number of carbonyl (C=O) groups excluding carboxylic acids is 12. The molecule has 3 heterocycles. The number of primary amides is 1. The number of rotatable bonds is 43. The third-order valence-electron chi connectivity index (χ3n) is 19.0. The molecule has 1 aromatic heterocycles. The number of aliphatic imine (C=N–C) groups is 1. The highest BCUT2D eigenvalue weighted by Gasteiger charge is 2.45. The summed E-state index contributed by atoms with van der Waals surface area (Å²) in [6.45, 7) is 2.40. The number of aromatic nitrogens is 1. The number of para-hydroxylation sites is 1. The average molecular weight is 1530 g/mol. The number of carboxylic acid groups (broad SMARTS) is 1. The number of esters is 1. The van der Waals surface area contributed by atoms with E-state index in [4.69, 9.17) is 26.7 Å². The molecule has 0 spiro atoms. The number of imide groups is 1. The molecule has 11 amide bonds. The molecule has 2 aromatic carbocycles. The van der Waals surface area contributed by atoms with Gasteiger partial charge in [0, 0.05) is 69.0 Å². The largest absolute Gasteiger partial charge is 0.481 e. The summed E-state index contributed by atoms with van der Waals surface area (Å²) in [4.78, 5) is 186. The standard InChI is InChI=1S/C76H118N16O17/c1-3-5-7-8-9-10-11-12-13-14-15-16-20-33-63(95)91-64(96)48-84-58(46-65(97)98)69(101)81-39-41-108-42-43-109-66(99)49-85-55(29-6-4-2)70(102)88-57-34-35-62(94)80-37-24-23-31-54(68(77)100)86-73(105)60(45-51-47-83-53-30-22-21-28-52(51)53)89-71(103)56(32-25-38-82-76(78)79)87-72(104)59(44-50-26-18-17-19-27-50)90-74(106)67-61(93)36-40-92(67)75(57)107/h17-19,21-22,26-28,30,47,54-61,67,83-85,93H,3-16,20,23-25,29,31-46,48-49H2,1-2H3,(H2,77,100)(H,80,94)(H,81,101)(H,86,105)(H,87,104)(H,88,102)(H,89,103)(H,90,106)(H,97,98)(H4,78,79,82)(H,91,95,96)/t54-,55-,56-,57-,58?,59+,60-,61-,67-/m0/s1. The molecule has 0 bridgehead atoms. The van der Waals surface area contributed by atoms with Gasteiger partial charge in [-0.05, 0) is 75.0 Å². The van der Waals surface area contributed by atoms with E-state index in [9.17, 15) is 67.7 Å². The molecular weight excluding hydrogens is 1410 g/mol. The first-order valence-corrected chi connectivity index (χ1v) is 38.7. The normalized spacial score (nSPS) is 19.8. The fourth-order valence-electron chi connectivity index (χ4n) is 12.9. The molecule has 604 valence electrons. The van der Waals surface area contributed by atoms with Crippen molar-refractivity contribution in [1.82, 2.24) is 63.1 Å². The predicted octanol–water partition coefficient (Wildman–Crippen LogP) is 1.34. The number of hydrogen-bond donors (Lipinski definition) is 16. The number of fused-ring (bicyclic) bond motifs is 2. The summed E-state index contributed by atoms with van der Waals surface area (Å²) >= 11 is 0. The van der Waals surface area contributed by atoms with Gasteiger partial charge in [0.1, 0.15) is 42.9 Å². The third kappa shape index (κ3) is 34.7. The molecule has 33 heteroatoms. The van der Waals surface area contributed by atoms with Gasteiger partial charge in [0.2, 0.25) is 65.0 Å². The van der Waals surface area contributed by atoms with Crippen molar-refractivity contribution in [2.75, 3.05) is 59.1 Å². The molecule has 2 saturated heterocycles. The summed E-state index contributed by atoms with van der Waals surface area (Å²) in [6.07, 6.45) is 15.3. The lowest BCUT2D eigenvalue weighted by Crippen LogP contribution is -2.61. The van der Waals surface area contributed by atoms with E-state index in [-0.39, 0.29) is 129 Å². The number of nitrogens with two attached hydrogens (primary N) is 3. The maximum Gasteiger partial charge on any atom is 0.320 e. The SMILES string of the molecule is CCCCCCCCCCCCCCCC(=O)NC(=O)CNC(CC(=O)O)C(=O)NCCOCCOC(=O)CN[C@@H](CCCC)C(=O)N[C@H]1CCC(=O)NCCCC[C@@H](C(N)=O)NC(=O)[C@H](Cc2c[nH]c3ccccc23)NC(=O)[C@H](CCCN=C(N)N)NC(=O)[C@@H](Cc2ccccc2)NC(=O)[C@@H]2[C@@H](O)CCN2C1=O. The number of aliphatic hydroxyl groups excluding tert-OH is 1. The molecule has 19 N–H and O–H groups in total. The van der Waals surface area contributed by atoms with Crippen molar-refractivity contribution in [3.05, 3.63) is 71.9 Å². The molecule has 109 heavy (non-hydrogen) atoms. The lowest BCUT2D eigenvalue weighted by atomic mass is 10.0. The van der Waals surface area contributed by atoms with Crippen LogP contribution in [-0.2, 0) is 84.6 Å². The average Bonchev–Trinajstić information content (AvgIpc) is 1.64. The Bertz CT molecular complexity index is 3430. The molecule has 0 saturated carbocycles. The van der Waals surface area contributed by atoms with Crippen LogP contribution in [0.15, 0.2) is 65.8 Å². The Morgan fingerprint density at radius 3 is 1.97 bits per heavy atom. The van der Waals surface area contributed by atoms with Crippen LogP contribution in [-0.4, -0.2) is 217 Å². The number of ether oxygens (including phenoxy) is 2. The number of nitrogens with one attached hydrogen (secondary N) is 11.